The summed E-state index contributed by atoms with van der Waals surface area (Å²) in [5.41, 5.74) is 5.53. The Kier molecular flexibility index (Phi) is 8.20. The summed E-state index contributed by atoms with van der Waals surface area (Å²) in [7, 11) is -0.124. The van der Waals surface area contributed by atoms with E-state index in [2.05, 4.69) is 15.6 Å². The first kappa shape index (κ1) is 29.8. The van der Waals surface area contributed by atoms with Gasteiger partial charge >= 0.3 is 6.03 Å². The molecule has 2 amide bonds. The number of hydrogen-bond acceptors (Lipinski definition) is 6. The summed E-state index contributed by atoms with van der Waals surface area (Å²) in [6.07, 6.45) is 3.61. The van der Waals surface area contributed by atoms with Gasteiger partial charge in [-0.15, -0.1) is 0 Å². The molecule has 11 heteroatoms. The van der Waals surface area contributed by atoms with Crippen LogP contribution in [0, 0.1) is 0 Å². The molecule has 0 saturated heterocycles. The number of urea groups is 1. The molecule has 228 valence electrons. The van der Waals surface area contributed by atoms with Crippen molar-refractivity contribution < 1.29 is 13.2 Å². The molecular formula is C34H33N7O3S. The van der Waals surface area contributed by atoms with Crippen LogP contribution >= 0.6 is 0 Å². The highest BCUT2D eigenvalue weighted by atomic mass is 32.2. The number of anilines is 2. The Morgan fingerprint density at radius 1 is 0.844 bits per heavy atom. The largest absolute Gasteiger partial charge is 0.323 e. The monoisotopic (exact) mass is 619 g/mol. The number of aromatic nitrogens is 4. The minimum Gasteiger partial charge on any atom is -0.308 e. The fourth-order valence-corrected chi connectivity index (χ4v) is 6.79. The molecule has 0 aliphatic heterocycles. The average Bonchev–Trinajstić information content (AvgIpc) is 3.64. The van der Waals surface area contributed by atoms with Crippen LogP contribution in [-0.4, -0.2) is 52.2 Å². The summed E-state index contributed by atoms with van der Waals surface area (Å²) in [6.45, 7) is 3.06. The molecule has 0 atom stereocenters. The highest BCUT2D eigenvalue weighted by Crippen LogP contribution is 2.37. The first-order valence-electron chi connectivity index (χ1n) is 14.5. The van der Waals surface area contributed by atoms with Crippen LogP contribution in [0.4, 0.5) is 16.2 Å². The van der Waals surface area contributed by atoms with E-state index in [0.29, 0.717) is 41.2 Å². The van der Waals surface area contributed by atoms with Gasteiger partial charge in [-0.25, -0.2) is 22.2 Å². The third-order valence-corrected chi connectivity index (χ3v) is 9.07. The average molecular weight is 620 g/mol. The Bertz CT molecular complexity index is 2070. The van der Waals surface area contributed by atoms with Crippen LogP contribution in [0.2, 0.25) is 0 Å². The van der Waals surface area contributed by atoms with Gasteiger partial charge in [-0.1, -0.05) is 48.5 Å². The third kappa shape index (κ3) is 6.08. The van der Waals surface area contributed by atoms with Gasteiger partial charge in [0.15, 0.2) is 5.65 Å². The van der Waals surface area contributed by atoms with E-state index < -0.39 is 10.0 Å². The van der Waals surface area contributed by atoms with E-state index in [9.17, 15) is 13.2 Å². The molecule has 3 heterocycles. The highest BCUT2D eigenvalue weighted by molar-refractivity contribution is 7.90. The number of carbonyl (C=O) groups is 1. The van der Waals surface area contributed by atoms with E-state index in [0.717, 1.165) is 22.4 Å². The molecule has 3 aromatic carbocycles. The van der Waals surface area contributed by atoms with Gasteiger partial charge in [0.1, 0.15) is 5.69 Å². The molecular weight excluding hydrogens is 586 g/mol. The van der Waals surface area contributed by atoms with Crippen molar-refractivity contribution in [3.63, 3.8) is 0 Å². The first-order chi connectivity index (χ1) is 21.7. The highest BCUT2D eigenvalue weighted by Gasteiger charge is 2.26. The summed E-state index contributed by atoms with van der Waals surface area (Å²) in [5, 5.41) is 11.3. The Balaban J connectivity index is 1.40. The standard InChI is InChI=1S/C34H33N7O3S/c1-4-40-23-31(32(38-40)24-15-17-26(18-16-24)37-34(42)36-25-11-7-5-8-12-25)29-19-20-35-33-30(29)21-27(22-39(2)3)41(33)45(43,44)28-13-9-6-10-14-28/h5-21,23H,4,22H2,1-3H3,(H2,36,37,42). The molecule has 3 aromatic heterocycles. The molecule has 0 saturated carbocycles. The number of amides is 2. The van der Waals surface area contributed by atoms with Gasteiger partial charge in [-0.2, -0.15) is 5.10 Å². The lowest BCUT2D eigenvalue weighted by Gasteiger charge is -2.14. The number of benzene rings is 3. The fraction of sp³-hybridized carbons (Fsp3) is 0.147. The summed E-state index contributed by atoms with van der Waals surface area (Å²) in [6, 6.07) is 28.6. The lowest BCUT2D eigenvalue weighted by molar-refractivity contribution is 0.262. The predicted molar refractivity (Wildman–Crippen MR) is 178 cm³/mol. The van der Waals surface area contributed by atoms with Crippen molar-refractivity contribution in [1.82, 2.24) is 23.6 Å². The van der Waals surface area contributed by atoms with E-state index in [-0.39, 0.29) is 10.9 Å². The van der Waals surface area contributed by atoms with Gasteiger partial charge in [0.2, 0.25) is 0 Å². The van der Waals surface area contributed by atoms with Crippen LogP contribution < -0.4 is 10.6 Å². The van der Waals surface area contributed by atoms with Crippen molar-refractivity contribution in [1.29, 1.82) is 0 Å². The van der Waals surface area contributed by atoms with Crippen molar-refractivity contribution in [2.45, 2.75) is 24.9 Å². The number of carbonyl (C=O) groups excluding carboxylic acids is 1. The second kappa shape index (κ2) is 12.4. The molecule has 0 unspecified atom stereocenters. The van der Waals surface area contributed by atoms with E-state index in [4.69, 9.17) is 5.10 Å². The van der Waals surface area contributed by atoms with Gasteiger partial charge in [-0.05, 0) is 75.1 Å². The Labute approximate surface area is 262 Å². The topological polar surface area (TPSA) is 114 Å². The Morgan fingerprint density at radius 3 is 2.13 bits per heavy atom. The number of fused-ring (bicyclic) bond motifs is 1. The molecule has 6 rings (SSSR count). The van der Waals surface area contributed by atoms with Crippen molar-refractivity contribution in [3.8, 4) is 22.4 Å². The zero-order chi connectivity index (χ0) is 31.6. The summed E-state index contributed by atoms with van der Waals surface area (Å²) >= 11 is 0. The predicted octanol–water partition coefficient (Wildman–Crippen LogP) is 6.53. The number of nitrogens with one attached hydrogen (secondary N) is 2. The van der Waals surface area contributed by atoms with Crippen molar-refractivity contribution in [2.75, 3.05) is 24.7 Å². The van der Waals surface area contributed by atoms with Gasteiger partial charge in [-0.3, -0.25) is 4.68 Å². The smallest absolute Gasteiger partial charge is 0.308 e. The Morgan fingerprint density at radius 2 is 1.49 bits per heavy atom. The second-order valence-electron chi connectivity index (χ2n) is 10.8. The number of aryl methyl sites for hydroxylation is 1. The maximum Gasteiger partial charge on any atom is 0.323 e. The third-order valence-electron chi connectivity index (χ3n) is 7.32. The van der Waals surface area contributed by atoms with Crippen LogP contribution in [0.15, 0.2) is 114 Å². The number of rotatable bonds is 9. The Hall–Kier alpha value is -5.26. The molecule has 45 heavy (non-hydrogen) atoms. The van der Waals surface area contributed by atoms with E-state index >= 15 is 0 Å². The van der Waals surface area contributed by atoms with Crippen LogP contribution in [0.1, 0.15) is 12.6 Å². The van der Waals surface area contributed by atoms with Crippen molar-refractivity contribution >= 4 is 38.5 Å². The maximum absolute atomic E-state index is 14.0. The number of pyridine rings is 1. The second-order valence-corrected chi connectivity index (χ2v) is 12.6. The van der Waals surface area contributed by atoms with Crippen LogP contribution in [-0.2, 0) is 23.1 Å². The van der Waals surface area contributed by atoms with Gasteiger partial charge in [0, 0.05) is 53.4 Å². The van der Waals surface area contributed by atoms with Gasteiger partial charge in [0.25, 0.3) is 10.0 Å². The quantitative estimate of drug-likeness (QED) is 0.190. The van der Waals surface area contributed by atoms with Crippen molar-refractivity contribution in [3.05, 3.63) is 115 Å². The minimum absolute atomic E-state index is 0.195. The molecule has 2 N–H and O–H groups in total. The summed E-state index contributed by atoms with van der Waals surface area (Å²) < 4.78 is 31.1. The number of hydrogen-bond donors (Lipinski definition) is 2. The van der Waals surface area contributed by atoms with E-state index in [1.165, 1.54) is 3.97 Å². The summed E-state index contributed by atoms with van der Waals surface area (Å²) in [5.74, 6) is 0. The molecule has 0 bridgehead atoms. The molecule has 0 aliphatic rings. The first-order valence-corrected chi connectivity index (χ1v) is 15.9. The van der Waals surface area contributed by atoms with Crippen LogP contribution in [0.5, 0.6) is 0 Å². The fourth-order valence-electron chi connectivity index (χ4n) is 5.28. The lowest BCUT2D eigenvalue weighted by atomic mass is 10.00. The summed E-state index contributed by atoms with van der Waals surface area (Å²) in [4.78, 5) is 19.2. The van der Waals surface area contributed by atoms with Crippen LogP contribution in [0.25, 0.3) is 33.4 Å². The normalized spacial score (nSPS) is 11.6. The van der Waals surface area contributed by atoms with E-state index in [1.807, 2.05) is 104 Å². The van der Waals surface area contributed by atoms with E-state index in [1.54, 1.807) is 36.5 Å². The van der Waals surface area contributed by atoms with Gasteiger partial charge in [0.05, 0.1) is 10.6 Å². The molecule has 0 radical (unpaired) electrons. The van der Waals surface area contributed by atoms with Crippen molar-refractivity contribution in [2.24, 2.45) is 0 Å². The molecule has 0 spiro atoms. The molecule has 0 aliphatic carbocycles. The number of para-hydroxylation sites is 1. The molecule has 0 fully saturated rings. The molecule has 10 nitrogen and oxygen atoms in total. The lowest BCUT2D eigenvalue weighted by Crippen LogP contribution is -2.20. The van der Waals surface area contributed by atoms with Crippen LogP contribution in [0.3, 0.4) is 0 Å². The minimum atomic E-state index is -3.93. The zero-order valence-electron chi connectivity index (χ0n) is 25.2. The zero-order valence-corrected chi connectivity index (χ0v) is 26.0. The van der Waals surface area contributed by atoms with Gasteiger partial charge < -0.3 is 15.5 Å². The number of nitrogens with zero attached hydrogens (tertiary/aromatic N) is 5. The SMILES string of the molecule is CCn1cc(-c2ccnc3c2cc(CN(C)C)n3S(=O)(=O)c2ccccc2)c(-c2ccc(NC(=O)Nc3ccccc3)cc2)n1. The molecule has 6 aromatic rings. The maximum atomic E-state index is 14.0.